The van der Waals surface area contributed by atoms with Crippen LogP contribution in [0.15, 0.2) is 0 Å². The molecule has 112 valence electrons. The molecule has 0 saturated carbocycles. The lowest BCUT2D eigenvalue weighted by Gasteiger charge is -2.29. The number of rotatable bonds is 12. The second kappa shape index (κ2) is 9.82. The summed E-state index contributed by atoms with van der Waals surface area (Å²) >= 11 is 0. The fraction of sp³-hybridized carbons (Fsp3) is 0.867. The molecule has 0 aromatic rings. The first-order valence-corrected chi connectivity index (χ1v) is 7.43. The van der Waals surface area contributed by atoms with Crippen molar-refractivity contribution >= 4 is 11.9 Å². The maximum Gasteiger partial charge on any atom is 0.309 e. The minimum atomic E-state index is -0.753. The Hall–Kier alpha value is -1.06. The van der Waals surface area contributed by atoms with Gasteiger partial charge in [-0.1, -0.05) is 46.0 Å². The average molecular weight is 272 g/mol. The van der Waals surface area contributed by atoms with Crippen LogP contribution in [-0.4, -0.2) is 22.2 Å². The van der Waals surface area contributed by atoms with Gasteiger partial charge in [-0.2, -0.15) is 0 Å². The van der Waals surface area contributed by atoms with Crippen LogP contribution in [0.25, 0.3) is 0 Å². The predicted octanol–water partition coefficient (Wildman–Crippen LogP) is 4.08. The minimum absolute atomic E-state index is 0.216. The molecule has 4 heteroatoms. The van der Waals surface area contributed by atoms with Crippen LogP contribution < -0.4 is 0 Å². The zero-order valence-corrected chi connectivity index (χ0v) is 12.3. The van der Waals surface area contributed by atoms with Gasteiger partial charge in [-0.25, -0.2) is 0 Å². The smallest absolute Gasteiger partial charge is 0.309 e. The molecule has 0 aliphatic heterocycles. The molecule has 0 bridgehead atoms. The molecule has 0 atom stereocenters. The highest BCUT2D eigenvalue weighted by Crippen LogP contribution is 2.36. The van der Waals surface area contributed by atoms with Gasteiger partial charge in [0, 0.05) is 6.42 Å². The first kappa shape index (κ1) is 17.9. The molecule has 2 N–H and O–H groups in total. The van der Waals surface area contributed by atoms with Crippen LogP contribution in [0, 0.1) is 5.41 Å². The summed E-state index contributed by atoms with van der Waals surface area (Å²) in [5.41, 5.74) is -0.559. The van der Waals surface area contributed by atoms with E-state index in [1.54, 1.807) is 0 Å². The fourth-order valence-electron chi connectivity index (χ4n) is 2.75. The Bertz CT molecular complexity index is 267. The number of unbranched alkanes of at least 4 members (excludes halogenated alkanes) is 3. The topological polar surface area (TPSA) is 74.6 Å². The Morgan fingerprint density at radius 3 is 1.79 bits per heavy atom. The molecule has 0 aliphatic carbocycles. The van der Waals surface area contributed by atoms with Gasteiger partial charge in [-0.15, -0.1) is 0 Å². The van der Waals surface area contributed by atoms with Crippen LogP contribution in [-0.2, 0) is 9.59 Å². The van der Waals surface area contributed by atoms with Gasteiger partial charge in [0.25, 0.3) is 0 Å². The summed E-state index contributed by atoms with van der Waals surface area (Å²) < 4.78 is 0. The minimum Gasteiger partial charge on any atom is -0.481 e. The third-order valence-corrected chi connectivity index (χ3v) is 3.71. The normalized spacial score (nSPS) is 11.5. The largest absolute Gasteiger partial charge is 0.481 e. The average Bonchev–Trinajstić information content (AvgIpc) is 2.33. The van der Waals surface area contributed by atoms with E-state index in [9.17, 15) is 14.7 Å². The van der Waals surface area contributed by atoms with Gasteiger partial charge in [0.1, 0.15) is 0 Å². The molecule has 0 saturated heterocycles. The van der Waals surface area contributed by atoms with Crippen LogP contribution in [0.4, 0.5) is 0 Å². The Kier molecular flexibility index (Phi) is 9.27. The summed E-state index contributed by atoms with van der Waals surface area (Å²) in [6.07, 6.45) is 7.58. The maximum absolute atomic E-state index is 11.5. The van der Waals surface area contributed by atoms with Crippen LogP contribution in [0.5, 0.6) is 0 Å². The Morgan fingerprint density at radius 1 is 0.842 bits per heavy atom. The standard InChI is InChI=1S/C15H28O4/c1-3-10-15(11-4-2,14(18)19)12-8-6-5-7-9-13(16)17/h3-12H2,1-2H3,(H,16,17)(H,18,19). The SMILES string of the molecule is CCCC(CCC)(CCCCCCC(=O)O)C(=O)O. The maximum atomic E-state index is 11.5. The van der Waals surface area contributed by atoms with Crippen molar-refractivity contribution in [3.05, 3.63) is 0 Å². The Labute approximate surface area is 116 Å². The van der Waals surface area contributed by atoms with Crippen molar-refractivity contribution in [2.75, 3.05) is 0 Å². The van der Waals surface area contributed by atoms with E-state index in [1.165, 1.54) is 0 Å². The summed E-state index contributed by atoms with van der Waals surface area (Å²) in [6.45, 7) is 4.06. The van der Waals surface area contributed by atoms with Gasteiger partial charge >= 0.3 is 11.9 Å². The van der Waals surface area contributed by atoms with E-state index >= 15 is 0 Å². The molecule has 0 spiro atoms. The lowest BCUT2D eigenvalue weighted by atomic mass is 9.75. The summed E-state index contributed by atoms with van der Waals surface area (Å²) in [4.78, 5) is 21.9. The Morgan fingerprint density at radius 2 is 1.37 bits per heavy atom. The zero-order valence-electron chi connectivity index (χ0n) is 12.3. The van der Waals surface area contributed by atoms with Gasteiger partial charge < -0.3 is 10.2 Å². The van der Waals surface area contributed by atoms with Crippen molar-refractivity contribution in [1.82, 2.24) is 0 Å². The highest BCUT2D eigenvalue weighted by atomic mass is 16.4. The van der Waals surface area contributed by atoms with Crippen molar-refractivity contribution < 1.29 is 19.8 Å². The molecule has 0 fully saturated rings. The predicted molar refractivity (Wildman–Crippen MR) is 75.2 cm³/mol. The molecule has 0 rings (SSSR count). The monoisotopic (exact) mass is 272 g/mol. The van der Waals surface area contributed by atoms with Gasteiger partial charge in [-0.05, 0) is 25.7 Å². The highest BCUT2D eigenvalue weighted by molar-refractivity contribution is 5.74. The number of hydrogen-bond donors (Lipinski definition) is 2. The highest BCUT2D eigenvalue weighted by Gasteiger charge is 2.35. The number of carbonyl (C=O) groups is 2. The first-order chi connectivity index (χ1) is 8.98. The van der Waals surface area contributed by atoms with Gasteiger partial charge in [0.05, 0.1) is 5.41 Å². The molecule has 0 radical (unpaired) electrons. The van der Waals surface area contributed by atoms with Crippen LogP contribution in [0.3, 0.4) is 0 Å². The molecular weight excluding hydrogens is 244 g/mol. The molecule has 0 aromatic carbocycles. The lowest BCUT2D eigenvalue weighted by Crippen LogP contribution is -2.31. The number of hydrogen-bond acceptors (Lipinski definition) is 2. The molecular formula is C15H28O4. The van der Waals surface area contributed by atoms with E-state index in [0.29, 0.717) is 6.42 Å². The summed E-state index contributed by atoms with van der Waals surface area (Å²) in [7, 11) is 0. The van der Waals surface area contributed by atoms with Crippen molar-refractivity contribution in [3.63, 3.8) is 0 Å². The Balaban J connectivity index is 4.11. The molecule has 0 aromatic heterocycles. The van der Waals surface area contributed by atoms with Crippen LogP contribution in [0.1, 0.15) is 78.1 Å². The molecule has 19 heavy (non-hydrogen) atoms. The molecule has 4 nitrogen and oxygen atoms in total. The number of aliphatic carboxylic acids is 2. The van der Waals surface area contributed by atoms with E-state index in [0.717, 1.165) is 51.4 Å². The molecule has 0 heterocycles. The first-order valence-electron chi connectivity index (χ1n) is 7.43. The van der Waals surface area contributed by atoms with Crippen LogP contribution in [0.2, 0.25) is 0 Å². The van der Waals surface area contributed by atoms with E-state index in [1.807, 2.05) is 13.8 Å². The number of carboxylic acid groups (broad SMARTS) is 2. The van der Waals surface area contributed by atoms with E-state index < -0.39 is 17.4 Å². The van der Waals surface area contributed by atoms with E-state index in [2.05, 4.69) is 0 Å². The second-order valence-corrected chi connectivity index (χ2v) is 5.39. The third kappa shape index (κ3) is 7.19. The van der Waals surface area contributed by atoms with Gasteiger partial charge in [-0.3, -0.25) is 9.59 Å². The van der Waals surface area contributed by atoms with Crippen molar-refractivity contribution in [1.29, 1.82) is 0 Å². The second-order valence-electron chi connectivity index (χ2n) is 5.39. The molecule has 0 unspecified atom stereocenters. The number of carboxylic acids is 2. The lowest BCUT2D eigenvalue weighted by molar-refractivity contribution is -0.150. The van der Waals surface area contributed by atoms with Crippen molar-refractivity contribution in [3.8, 4) is 0 Å². The third-order valence-electron chi connectivity index (χ3n) is 3.71. The summed E-state index contributed by atoms with van der Waals surface area (Å²) in [5.74, 6) is -1.42. The van der Waals surface area contributed by atoms with E-state index in [4.69, 9.17) is 5.11 Å². The van der Waals surface area contributed by atoms with Crippen molar-refractivity contribution in [2.24, 2.45) is 5.41 Å². The molecule has 0 amide bonds. The van der Waals surface area contributed by atoms with Gasteiger partial charge in [0.15, 0.2) is 0 Å². The summed E-state index contributed by atoms with van der Waals surface area (Å²) in [6, 6.07) is 0. The zero-order chi connectivity index (χ0) is 14.7. The summed E-state index contributed by atoms with van der Waals surface area (Å²) in [5, 5.41) is 18.0. The fourth-order valence-corrected chi connectivity index (χ4v) is 2.75. The quantitative estimate of drug-likeness (QED) is 0.525. The van der Waals surface area contributed by atoms with Crippen LogP contribution >= 0.6 is 0 Å². The van der Waals surface area contributed by atoms with Gasteiger partial charge in [0.2, 0.25) is 0 Å². The van der Waals surface area contributed by atoms with E-state index in [-0.39, 0.29) is 6.42 Å². The molecule has 0 aliphatic rings. The van der Waals surface area contributed by atoms with Crippen molar-refractivity contribution in [2.45, 2.75) is 78.1 Å².